The molecule has 9 nitrogen and oxygen atoms in total. The molecule has 9 heteroatoms. The van der Waals surface area contributed by atoms with Crippen molar-refractivity contribution in [3.8, 4) is 5.75 Å². The van der Waals surface area contributed by atoms with E-state index < -0.39 is 12.1 Å². The van der Waals surface area contributed by atoms with Crippen molar-refractivity contribution in [1.29, 1.82) is 0 Å². The van der Waals surface area contributed by atoms with Crippen LogP contribution in [-0.4, -0.2) is 58.4 Å². The Labute approximate surface area is 188 Å². The van der Waals surface area contributed by atoms with Gasteiger partial charge in [-0.1, -0.05) is 5.16 Å². The molecule has 0 aliphatic carbocycles. The Balaban J connectivity index is 1.59. The third-order valence-corrected chi connectivity index (χ3v) is 5.51. The number of aliphatic hydroxyl groups is 1. The molecule has 3 rings (SSSR count). The topological polar surface area (TPSA) is 117 Å². The van der Waals surface area contributed by atoms with Gasteiger partial charge in [-0.2, -0.15) is 0 Å². The minimum absolute atomic E-state index is 0.0158. The molecule has 2 aromatic rings. The van der Waals surface area contributed by atoms with Gasteiger partial charge in [0.1, 0.15) is 18.1 Å². The highest BCUT2D eigenvalue weighted by Gasteiger charge is 2.29. The van der Waals surface area contributed by atoms with Crippen molar-refractivity contribution >= 4 is 11.9 Å². The summed E-state index contributed by atoms with van der Waals surface area (Å²) >= 11 is 0. The van der Waals surface area contributed by atoms with Crippen LogP contribution in [0, 0.1) is 13.8 Å². The minimum atomic E-state index is -0.714. The van der Waals surface area contributed by atoms with Gasteiger partial charge in [-0.15, -0.1) is 0 Å². The van der Waals surface area contributed by atoms with Gasteiger partial charge < -0.3 is 29.9 Å². The number of nitrogens with zero attached hydrogens (tertiary/aromatic N) is 2. The first kappa shape index (κ1) is 23.6. The number of amides is 3. The first-order valence-corrected chi connectivity index (χ1v) is 10.9. The van der Waals surface area contributed by atoms with Crippen molar-refractivity contribution in [2.75, 3.05) is 13.1 Å². The number of ether oxygens (including phenoxy) is 1. The number of hydrogen-bond donors (Lipinski definition) is 3. The predicted octanol–water partition coefficient (Wildman–Crippen LogP) is 2.54. The number of aromatic nitrogens is 1. The Morgan fingerprint density at radius 2 is 2.00 bits per heavy atom. The summed E-state index contributed by atoms with van der Waals surface area (Å²) in [6.45, 7) is 8.61. The number of nitrogens with one attached hydrogen (secondary N) is 2. The first-order valence-electron chi connectivity index (χ1n) is 10.9. The van der Waals surface area contributed by atoms with Crippen molar-refractivity contribution in [2.45, 2.75) is 65.3 Å². The highest BCUT2D eigenvalue weighted by atomic mass is 16.5. The molecule has 0 radical (unpaired) electrons. The Bertz CT molecular complexity index is 905. The lowest BCUT2D eigenvalue weighted by molar-refractivity contribution is 0.0808. The molecule has 0 bridgehead atoms. The van der Waals surface area contributed by atoms with Crippen LogP contribution in [0.15, 0.2) is 28.8 Å². The summed E-state index contributed by atoms with van der Waals surface area (Å²) in [5, 5.41) is 20.1. The van der Waals surface area contributed by atoms with Gasteiger partial charge in [-0.3, -0.25) is 4.79 Å². The molecule has 174 valence electrons. The number of aliphatic hydroxyl groups excluding tert-OH is 1. The molecule has 3 N–H and O–H groups in total. The number of benzene rings is 1. The van der Waals surface area contributed by atoms with Gasteiger partial charge in [-0.25, -0.2) is 4.79 Å². The molecule has 2 atom stereocenters. The van der Waals surface area contributed by atoms with E-state index in [2.05, 4.69) is 15.8 Å². The normalized spacial score (nSPS) is 18.9. The van der Waals surface area contributed by atoms with Crippen molar-refractivity contribution in [3.63, 3.8) is 0 Å². The maximum absolute atomic E-state index is 12.8. The van der Waals surface area contributed by atoms with Gasteiger partial charge in [0.05, 0.1) is 23.4 Å². The Morgan fingerprint density at radius 3 is 2.62 bits per heavy atom. The molecular formula is C23H32N4O5. The maximum atomic E-state index is 12.8. The van der Waals surface area contributed by atoms with Gasteiger partial charge >= 0.3 is 6.03 Å². The minimum Gasteiger partial charge on any atom is -0.489 e. The smallest absolute Gasteiger partial charge is 0.317 e. The summed E-state index contributed by atoms with van der Waals surface area (Å²) < 4.78 is 10.9. The lowest BCUT2D eigenvalue weighted by Gasteiger charge is -2.28. The fraction of sp³-hybridized carbons (Fsp3) is 0.522. The molecule has 0 spiro atoms. The summed E-state index contributed by atoms with van der Waals surface area (Å²) in [5.41, 5.74) is 2.14. The van der Waals surface area contributed by atoms with E-state index in [0.29, 0.717) is 37.3 Å². The van der Waals surface area contributed by atoms with Crippen molar-refractivity contribution in [1.82, 2.24) is 20.7 Å². The first-order chi connectivity index (χ1) is 15.2. The van der Waals surface area contributed by atoms with Crippen LogP contribution in [0.2, 0.25) is 0 Å². The van der Waals surface area contributed by atoms with Crippen molar-refractivity contribution in [2.24, 2.45) is 0 Å². The monoisotopic (exact) mass is 444 g/mol. The van der Waals surface area contributed by atoms with Gasteiger partial charge in [0.25, 0.3) is 5.91 Å². The zero-order chi connectivity index (χ0) is 23.3. The van der Waals surface area contributed by atoms with E-state index >= 15 is 0 Å². The molecular weight excluding hydrogens is 412 g/mol. The lowest BCUT2D eigenvalue weighted by atomic mass is 10.1. The summed E-state index contributed by atoms with van der Waals surface area (Å²) in [4.78, 5) is 26.8. The Hall–Kier alpha value is -3.07. The van der Waals surface area contributed by atoms with E-state index in [1.165, 1.54) is 0 Å². The second kappa shape index (κ2) is 10.5. The van der Waals surface area contributed by atoms with Gasteiger partial charge in [0, 0.05) is 24.7 Å². The quantitative estimate of drug-likeness (QED) is 0.630. The molecule has 32 heavy (non-hydrogen) atoms. The van der Waals surface area contributed by atoms with E-state index in [1.54, 1.807) is 29.2 Å². The summed E-state index contributed by atoms with van der Waals surface area (Å²) in [7, 11) is 0. The van der Waals surface area contributed by atoms with E-state index in [1.807, 2.05) is 27.7 Å². The SMILES string of the molecule is Cc1noc(C)c1COc1ccc(C(=O)N[C@@H]2CN(C(=O)NC(C)C)CCC[C@H]2O)cc1. The van der Waals surface area contributed by atoms with E-state index in [9.17, 15) is 14.7 Å². The summed E-state index contributed by atoms with van der Waals surface area (Å²) in [5.74, 6) is 1.03. The van der Waals surface area contributed by atoms with E-state index in [0.717, 1.165) is 17.0 Å². The van der Waals surface area contributed by atoms with Crippen LogP contribution in [0.4, 0.5) is 4.79 Å². The van der Waals surface area contributed by atoms with Crippen LogP contribution in [-0.2, 0) is 6.61 Å². The standard InChI is InChI=1S/C23H32N4O5/c1-14(2)24-23(30)27-11-5-6-21(28)20(12-27)25-22(29)17-7-9-18(10-8-17)31-13-19-15(3)26-32-16(19)4/h7-10,14,20-21,28H,5-6,11-13H2,1-4H3,(H,24,30)(H,25,29)/t20-,21-/m1/s1. The number of carbonyl (C=O) groups is 2. The molecule has 0 unspecified atom stereocenters. The van der Waals surface area contributed by atoms with Crippen LogP contribution >= 0.6 is 0 Å². The molecule has 0 saturated carbocycles. The van der Waals surface area contributed by atoms with Gasteiger partial charge in [0.2, 0.25) is 0 Å². The average Bonchev–Trinajstić information content (AvgIpc) is 2.95. The molecule has 1 fully saturated rings. The van der Waals surface area contributed by atoms with Crippen LogP contribution in [0.1, 0.15) is 54.1 Å². The molecule has 1 aromatic carbocycles. The Kier molecular flexibility index (Phi) is 7.74. The zero-order valence-electron chi connectivity index (χ0n) is 19.1. The molecule has 1 saturated heterocycles. The van der Waals surface area contributed by atoms with Crippen molar-refractivity contribution < 1.29 is 24.0 Å². The number of hydrogen-bond acceptors (Lipinski definition) is 6. The third-order valence-electron chi connectivity index (χ3n) is 5.51. The molecule has 3 amide bonds. The summed E-state index contributed by atoms with van der Waals surface area (Å²) in [6, 6.07) is 6.07. The second-order valence-corrected chi connectivity index (χ2v) is 8.46. The van der Waals surface area contributed by atoms with Crippen LogP contribution in [0.5, 0.6) is 5.75 Å². The number of likely N-dealkylation sites (tertiary alicyclic amines) is 1. The Morgan fingerprint density at radius 1 is 1.28 bits per heavy atom. The fourth-order valence-electron chi connectivity index (χ4n) is 3.63. The average molecular weight is 445 g/mol. The highest BCUT2D eigenvalue weighted by molar-refractivity contribution is 5.94. The predicted molar refractivity (Wildman–Crippen MR) is 118 cm³/mol. The van der Waals surface area contributed by atoms with Crippen LogP contribution in [0.3, 0.4) is 0 Å². The molecule has 1 aromatic heterocycles. The van der Waals surface area contributed by atoms with Crippen molar-refractivity contribution in [3.05, 3.63) is 46.8 Å². The van der Waals surface area contributed by atoms with E-state index in [-0.39, 0.29) is 24.5 Å². The maximum Gasteiger partial charge on any atom is 0.317 e. The molecule has 1 aliphatic heterocycles. The summed E-state index contributed by atoms with van der Waals surface area (Å²) in [6.07, 6.45) is 0.481. The number of rotatable bonds is 6. The van der Waals surface area contributed by atoms with Crippen LogP contribution in [0.25, 0.3) is 0 Å². The number of carbonyl (C=O) groups excluding carboxylic acids is 2. The van der Waals surface area contributed by atoms with Gasteiger partial charge in [0.15, 0.2) is 0 Å². The largest absolute Gasteiger partial charge is 0.489 e. The van der Waals surface area contributed by atoms with Gasteiger partial charge in [-0.05, 0) is 64.8 Å². The zero-order valence-corrected chi connectivity index (χ0v) is 19.1. The van der Waals surface area contributed by atoms with Crippen LogP contribution < -0.4 is 15.4 Å². The lowest BCUT2D eigenvalue weighted by Crippen LogP contribution is -2.52. The number of urea groups is 1. The molecule has 1 aliphatic rings. The third kappa shape index (κ3) is 6.00. The van der Waals surface area contributed by atoms with E-state index in [4.69, 9.17) is 9.26 Å². The fourth-order valence-corrected chi connectivity index (χ4v) is 3.63. The second-order valence-electron chi connectivity index (χ2n) is 8.46. The number of aryl methyl sites for hydroxylation is 2. The molecule has 2 heterocycles. The highest BCUT2D eigenvalue weighted by Crippen LogP contribution is 2.19.